The second-order valence-corrected chi connectivity index (χ2v) is 9.58. The number of hydrogen-bond donors (Lipinski definition) is 2. The molecular formula is C22H39N5OS. The summed E-state index contributed by atoms with van der Waals surface area (Å²) in [5.41, 5.74) is 0. The first-order valence-electron chi connectivity index (χ1n) is 11.2. The summed E-state index contributed by atoms with van der Waals surface area (Å²) in [7, 11) is 1.87. The number of ether oxygens (including phenoxy) is 1. The molecule has 0 amide bonds. The highest BCUT2D eigenvalue weighted by molar-refractivity contribution is 7.10. The Morgan fingerprint density at radius 2 is 1.93 bits per heavy atom. The molecule has 164 valence electrons. The fraction of sp³-hybridized carbons (Fsp3) is 0.773. The van der Waals surface area contributed by atoms with Crippen LogP contribution in [0.5, 0.6) is 0 Å². The number of nitrogens with one attached hydrogen (secondary N) is 2. The Kier molecular flexibility index (Phi) is 9.24. The highest BCUT2D eigenvalue weighted by Crippen LogP contribution is 2.29. The molecule has 2 aliphatic rings. The zero-order chi connectivity index (χ0) is 20.5. The molecule has 6 nitrogen and oxygen atoms in total. The largest absolute Gasteiger partial charge is 0.379 e. The van der Waals surface area contributed by atoms with E-state index < -0.39 is 0 Å². The van der Waals surface area contributed by atoms with Gasteiger partial charge < -0.3 is 15.4 Å². The van der Waals surface area contributed by atoms with Gasteiger partial charge in [0.15, 0.2) is 5.96 Å². The second kappa shape index (κ2) is 11.9. The normalized spacial score (nSPS) is 22.4. The molecule has 3 heterocycles. The minimum Gasteiger partial charge on any atom is -0.379 e. The first-order valence-corrected chi connectivity index (χ1v) is 12.1. The van der Waals surface area contributed by atoms with Crippen molar-refractivity contribution in [2.45, 2.75) is 32.7 Å². The minimum atomic E-state index is 0.423. The van der Waals surface area contributed by atoms with Gasteiger partial charge >= 0.3 is 0 Å². The molecule has 2 fully saturated rings. The summed E-state index contributed by atoms with van der Waals surface area (Å²) in [6.45, 7) is 13.8. The van der Waals surface area contributed by atoms with Gasteiger partial charge in [-0.3, -0.25) is 14.8 Å². The molecule has 0 aliphatic carbocycles. The van der Waals surface area contributed by atoms with Crippen LogP contribution < -0.4 is 10.6 Å². The molecule has 2 atom stereocenters. The van der Waals surface area contributed by atoms with Gasteiger partial charge in [0.2, 0.25) is 0 Å². The van der Waals surface area contributed by atoms with E-state index in [9.17, 15) is 0 Å². The lowest BCUT2D eigenvalue weighted by molar-refractivity contribution is 0.0320. The van der Waals surface area contributed by atoms with Crippen LogP contribution in [0.15, 0.2) is 22.5 Å². The molecule has 0 saturated carbocycles. The van der Waals surface area contributed by atoms with E-state index in [0.29, 0.717) is 12.0 Å². The molecular weight excluding hydrogens is 382 g/mol. The number of hydrogen-bond acceptors (Lipinski definition) is 5. The number of rotatable bonds is 8. The predicted molar refractivity (Wildman–Crippen MR) is 123 cm³/mol. The molecule has 0 aromatic carbocycles. The summed E-state index contributed by atoms with van der Waals surface area (Å²) in [5, 5.41) is 9.32. The number of thiophene rings is 1. The molecule has 2 aliphatic heterocycles. The molecule has 1 aromatic rings. The smallest absolute Gasteiger partial charge is 0.191 e. The van der Waals surface area contributed by atoms with Crippen LogP contribution in [-0.4, -0.2) is 81.8 Å². The Morgan fingerprint density at radius 1 is 1.21 bits per heavy atom. The van der Waals surface area contributed by atoms with Crippen molar-refractivity contribution >= 4 is 17.3 Å². The SMILES string of the molecule is CN=C(NCC(C)CN1CCOCC1)NCC(c1cccs1)N1CCC(C)CC1. The van der Waals surface area contributed by atoms with Crippen molar-refractivity contribution in [3.05, 3.63) is 22.4 Å². The third-order valence-electron chi connectivity index (χ3n) is 6.11. The molecule has 0 spiro atoms. The molecule has 7 heteroatoms. The molecule has 2 unspecified atom stereocenters. The molecule has 2 N–H and O–H groups in total. The number of nitrogens with zero attached hydrogens (tertiary/aromatic N) is 3. The van der Waals surface area contributed by atoms with Crippen LogP contribution in [0, 0.1) is 11.8 Å². The summed E-state index contributed by atoms with van der Waals surface area (Å²) in [4.78, 5) is 11.1. The van der Waals surface area contributed by atoms with Gasteiger partial charge in [0, 0.05) is 44.6 Å². The maximum Gasteiger partial charge on any atom is 0.191 e. The summed E-state index contributed by atoms with van der Waals surface area (Å²) < 4.78 is 5.45. The Balaban J connectivity index is 1.46. The van der Waals surface area contributed by atoms with Gasteiger partial charge in [0.25, 0.3) is 0 Å². The summed E-state index contributed by atoms with van der Waals surface area (Å²) in [5.74, 6) is 2.33. The molecule has 0 bridgehead atoms. The van der Waals surface area contributed by atoms with Crippen molar-refractivity contribution in [3.8, 4) is 0 Å². The van der Waals surface area contributed by atoms with Crippen molar-refractivity contribution in [1.29, 1.82) is 0 Å². The molecule has 2 saturated heterocycles. The van der Waals surface area contributed by atoms with Gasteiger partial charge in [-0.05, 0) is 49.2 Å². The van der Waals surface area contributed by atoms with E-state index in [1.165, 1.54) is 30.8 Å². The molecule has 3 rings (SSSR count). The van der Waals surface area contributed by atoms with Crippen LogP contribution in [-0.2, 0) is 4.74 Å². The van der Waals surface area contributed by atoms with Gasteiger partial charge in [-0.25, -0.2) is 0 Å². The minimum absolute atomic E-state index is 0.423. The maximum atomic E-state index is 5.45. The van der Waals surface area contributed by atoms with E-state index >= 15 is 0 Å². The van der Waals surface area contributed by atoms with Gasteiger partial charge in [-0.1, -0.05) is 19.9 Å². The Bertz CT molecular complexity index is 594. The number of piperidine rings is 1. The standard InChI is InChI=1S/C22H39N5OS/c1-18-6-8-27(9-7-18)20(21-5-4-14-29-21)16-25-22(23-3)24-15-19(2)17-26-10-12-28-13-11-26/h4-5,14,18-20H,6-13,15-17H2,1-3H3,(H2,23,24,25). The summed E-state index contributed by atoms with van der Waals surface area (Å²) in [6.07, 6.45) is 2.60. The van der Waals surface area contributed by atoms with Crippen LogP contribution in [0.1, 0.15) is 37.6 Å². The lowest BCUT2D eigenvalue weighted by atomic mass is 9.97. The van der Waals surface area contributed by atoms with E-state index in [4.69, 9.17) is 4.74 Å². The first kappa shape index (κ1) is 22.5. The fourth-order valence-corrected chi connectivity index (χ4v) is 5.07. The quantitative estimate of drug-likeness (QED) is 0.499. The van der Waals surface area contributed by atoms with Crippen molar-refractivity contribution < 1.29 is 4.74 Å². The van der Waals surface area contributed by atoms with Crippen LogP contribution in [0.3, 0.4) is 0 Å². The zero-order valence-electron chi connectivity index (χ0n) is 18.4. The van der Waals surface area contributed by atoms with Crippen LogP contribution >= 0.6 is 11.3 Å². The van der Waals surface area contributed by atoms with Gasteiger partial charge in [-0.15, -0.1) is 11.3 Å². The monoisotopic (exact) mass is 421 g/mol. The van der Waals surface area contributed by atoms with Gasteiger partial charge in [-0.2, -0.15) is 0 Å². The number of guanidine groups is 1. The predicted octanol–water partition coefficient (Wildman–Crippen LogP) is 2.65. The average Bonchev–Trinajstić information content (AvgIpc) is 3.27. The van der Waals surface area contributed by atoms with E-state index in [-0.39, 0.29) is 0 Å². The average molecular weight is 422 g/mol. The number of morpholine rings is 1. The van der Waals surface area contributed by atoms with E-state index in [1.54, 1.807) is 0 Å². The second-order valence-electron chi connectivity index (χ2n) is 8.60. The lowest BCUT2D eigenvalue weighted by Gasteiger charge is -2.36. The summed E-state index contributed by atoms with van der Waals surface area (Å²) >= 11 is 1.86. The first-order chi connectivity index (χ1) is 14.2. The zero-order valence-corrected chi connectivity index (χ0v) is 19.2. The fourth-order valence-electron chi connectivity index (χ4n) is 4.20. The molecule has 0 radical (unpaired) electrons. The Hall–Kier alpha value is -1.15. The lowest BCUT2D eigenvalue weighted by Crippen LogP contribution is -2.46. The molecule has 29 heavy (non-hydrogen) atoms. The third kappa shape index (κ3) is 7.24. The van der Waals surface area contributed by atoms with Crippen LogP contribution in [0.25, 0.3) is 0 Å². The Labute approximate surface area is 180 Å². The topological polar surface area (TPSA) is 52.1 Å². The van der Waals surface area contributed by atoms with Crippen molar-refractivity contribution in [3.63, 3.8) is 0 Å². The van der Waals surface area contributed by atoms with Crippen molar-refractivity contribution in [1.82, 2.24) is 20.4 Å². The van der Waals surface area contributed by atoms with Crippen LogP contribution in [0.4, 0.5) is 0 Å². The third-order valence-corrected chi connectivity index (χ3v) is 7.08. The van der Waals surface area contributed by atoms with E-state index in [0.717, 1.165) is 57.8 Å². The van der Waals surface area contributed by atoms with E-state index in [1.807, 2.05) is 18.4 Å². The van der Waals surface area contributed by atoms with Gasteiger partial charge in [0.05, 0.1) is 19.3 Å². The highest BCUT2D eigenvalue weighted by Gasteiger charge is 2.25. The highest BCUT2D eigenvalue weighted by atomic mass is 32.1. The van der Waals surface area contributed by atoms with Crippen molar-refractivity contribution in [2.24, 2.45) is 16.8 Å². The maximum absolute atomic E-state index is 5.45. The van der Waals surface area contributed by atoms with Crippen molar-refractivity contribution in [2.75, 3.05) is 66.1 Å². The Morgan fingerprint density at radius 3 is 2.59 bits per heavy atom. The van der Waals surface area contributed by atoms with Crippen LogP contribution in [0.2, 0.25) is 0 Å². The van der Waals surface area contributed by atoms with Gasteiger partial charge in [0.1, 0.15) is 0 Å². The van der Waals surface area contributed by atoms with E-state index in [2.05, 4.69) is 56.8 Å². The number of likely N-dealkylation sites (tertiary alicyclic amines) is 1. The number of aliphatic imine (C=N–C) groups is 1. The summed E-state index contributed by atoms with van der Waals surface area (Å²) in [6, 6.07) is 4.86. The molecule has 1 aromatic heterocycles.